The van der Waals surface area contributed by atoms with Crippen LogP contribution >= 0.6 is 23.2 Å². The zero-order valence-electron chi connectivity index (χ0n) is 11.6. The van der Waals surface area contributed by atoms with Crippen molar-refractivity contribution in [2.75, 3.05) is 0 Å². The highest BCUT2D eigenvalue weighted by molar-refractivity contribution is 6.42. The lowest BCUT2D eigenvalue weighted by atomic mass is 9.82. The summed E-state index contributed by atoms with van der Waals surface area (Å²) < 4.78 is 0. The van der Waals surface area contributed by atoms with Crippen LogP contribution in [0, 0.1) is 11.3 Å². The molecule has 0 saturated carbocycles. The van der Waals surface area contributed by atoms with E-state index in [2.05, 4.69) is 27.7 Å². The molecule has 0 heterocycles. The second kappa shape index (κ2) is 6.27. The largest absolute Gasteiger partial charge is 0.324 e. The highest BCUT2D eigenvalue weighted by Gasteiger charge is 2.18. The summed E-state index contributed by atoms with van der Waals surface area (Å²) in [6.07, 6.45) is 2.14. The number of halogens is 2. The zero-order valence-corrected chi connectivity index (χ0v) is 13.1. The summed E-state index contributed by atoms with van der Waals surface area (Å²) in [7, 11) is 0. The molecule has 3 heteroatoms. The van der Waals surface area contributed by atoms with Gasteiger partial charge in [0, 0.05) is 6.04 Å². The van der Waals surface area contributed by atoms with Gasteiger partial charge in [-0.3, -0.25) is 0 Å². The third-order valence-corrected chi connectivity index (χ3v) is 3.73. The van der Waals surface area contributed by atoms with Gasteiger partial charge in [0.2, 0.25) is 0 Å². The lowest BCUT2D eigenvalue weighted by molar-refractivity contribution is 0.286. The summed E-state index contributed by atoms with van der Waals surface area (Å²) in [5.74, 6) is 0.592. The van der Waals surface area contributed by atoms with Crippen molar-refractivity contribution in [1.82, 2.24) is 0 Å². The van der Waals surface area contributed by atoms with Crippen molar-refractivity contribution in [2.45, 2.75) is 46.6 Å². The highest BCUT2D eigenvalue weighted by Crippen LogP contribution is 2.31. The molecule has 2 N–H and O–H groups in total. The van der Waals surface area contributed by atoms with Crippen LogP contribution in [-0.4, -0.2) is 0 Å². The minimum Gasteiger partial charge on any atom is -0.324 e. The Morgan fingerprint density at radius 3 is 2.28 bits per heavy atom. The fourth-order valence-electron chi connectivity index (χ4n) is 2.44. The maximum atomic E-state index is 6.23. The molecule has 0 fully saturated rings. The van der Waals surface area contributed by atoms with Gasteiger partial charge < -0.3 is 5.73 Å². The van der Waals surface area contributed by atoms with Crippen LogP contribution in [0.1, 0.15) is 52.1 Å². The molecule has 1 aromatic rings. The molecule has 0 aliphatic heterocycles. The van der Waals surface area contributed by atoms with Crippen LogP contribution in [0.25, 0.3) is 0 Å². The lowest BCUT2D eigenvalue weighted by Gasteiger charge is -2.25. The van der Waals surface area contributed by atoms with Crippen molar-refractivity contribution in [2.24, 2.45) is 17.1 Å². The molecule has 18 heavy (non-hydrogen) atoms. The van der Waals surface area contributed by atoms with Gasteiger partial charge in [0.15, 0.2) is 0 Å². The Balaban J connectivity index is 2.64. The second-order valence-electron chi connectivity index (χ2n) is 6.39. The molecule has 0 aliphatic carbocycles. The standard InChI is InChI=1S/C15H23Cl2N/c1-10(9-15(2,3)4)7-14(18)11-5-6-12(16)13(17)8-11/h5-6,8,10,14H,7,9,18H2,1-4H3. The summed E-state index contributed by atoms with van der Waals surface area (Å²) in [6.45, 7) is 9.03. The van der Waals surface area contributed by atoms with Crippen LogP contribution in [0.5, 0.6) is 0 Å². The summed E-state index contributed by atoms with van der Waals surface area (Å²) >= 11 is 11.9. The summed E-state index contributed by atoms with van der Waals surface area (Å²) in [5.41, 5.74) is 7.64. The minimum absolute atomic E-state index is 0.0251. The molecule has 0 aromatic heterocycles. The maximum absolute atomic E-state index is 6.23. The molecule has 0 saturated heterocycles. The van der Waals surface area contributed by atoms with E-state index in [4.69, 9.17) is 28.9 Å². The average molecular weight is 288 g/mol. The first kappa shape index (κ1) is 15.8. The smallest absolute Gasteiger partial charge is 0.0595 e. The summed E-state index contributed by atoms with van der Waals surface area (Å²) in [6, 6.07) is 5.67. The van der Waals surface area contributed by atoms with Gasteiger partial charge in [-0.15, -0.1) is 0 Å². The third kappa shape index (κ3) is 5.17. The van der Waals surface area contributed by atoms with Crippen molar-refractivity contribution >= 4 is 23.2 Å². The number of benzene rings is 1. The van der Waals surface area contributed by atoms with Crippen LogP contribution in [0.3, 0.4) is 0 Å². The molecule has 1 nitrogen and oxygen atoms in total. The Morgan fingerprint density at radius 1 is 1.17 bits per heavy atom. The molecular weight excluding hydrogens is 265 g/mol. The molecule has 1 aromatic carbocycles. The molecule has 102 valence electrons. The van der Waals surface area contributed by atoms with E-state index in [1.54, 1.807) is 0 Å². The number of rotatable bonds is 4. The van der Waals surface area contributed by atoms with E-state index in [-0.39, 0.29) is 6.04 Å². The average Bonchev–Trinajstić information content (AvgIpc) is 2.18. The first-order chi connectivity index (χ1) is 8.19. The van der Waals surface area contributed by atoms with Gasteiger partial charge in [-0.05, 0) is 41.9 Å². The molecule has 0 amide bonds. The molecule has 2 unspecified atom stereocenters. The van der Waals surface area contributed by atoms with Crippen LogP contribution in [0.2, 0.25) is 10.0 Å². The van der Waals surface area contributed by atoms with Crippen molar-refractivity contribution in [1.29, 1.82) is 0 Å². The van der Waals surface area contributed by atoms with E-state index in [1.165, 1.54) is 6.42 Å². The molecule has 0 spiro atoms. The predicted octanol–water partition coefficient (Wildman–Crippen LogP) is 5.46. The van der Waals surface area contributed by atoms with Gasteiger partial charge in [0.1, 0.15) is 0 Å². The quantitative estimate of drug-likeness (QED) is 0.782. The molecule has 0 bridgehead atoms. The third-order valence-electron chi connectivity index (χ3n) is 2.99. The molecule has 2 atom stereocenters. The number of hydrogen-bond acceptors (Lipinski definition) is 1. The molecule has 0 aliphatic rings. The van der Waals surface area contributed by atoms with Crippen LogP contribution in [-0.2, 0) is 0 Å². The van der Waals surface area contributed by atoms with E-state index < -0.39 is 0 Å². The monoisotopic (exact) mass is 287 g/mol. The van der Waals surface area contributed by atoms with Crippen LogP contribution < -0.4 is 5.73 Å². The summed E-state index contributed by atoms with van der Waals surface area (Å²) in [4.78, 5) is 0. The van der Waals surface area contributed by atoms with Gasteiger partial charge in [0.25, 0.3) is 0 Å². The van der Waals surface area contributed by atoms with Gasteiger partial charge in [-0.25, -0.2) is 0 Å². The predicted molar refractivity (Wildman–Crippen MR) is 81.2 cm³/mol. The SMILES string of the molecule is CC(CC(N)c1ccc(Cl)c(Cl)c1)CC(C)(C)C. The maximum Gasteiger partial charge on any atom is 0.0595 e. The fourth-order valence-corrected chi connectivity index (χ4v) is 2.75. The molecule has 0 radical (unpaired) electrons. The summed E-state index contributed by atoms with van der Waals surface area (Å²) in [5, 5.41) is 1.16. The van der Waals surface area contributed by atoms with E-state index in [0.717, 1.165) is 12.0 Å². The van der Waals surface area contributed by atoms with E-state index >= 15 is 0 Å². The second-order valence-corrected chi connectivity index (χ2v) is 7.20. The Hall–Kier alpha value is -0.240. The van der Waals surface area contributed by atoms with Gasteiger partial charge in [-0.1, -0.05) is 57.0 Å². The normalized spacial score (nSPS) is 15.5. The first-order valence-corrected chi connectivity index (χ1v) is 7.15. The van der Waals surface area contributed by atoms with E-state index in [9.17, 15) is 0 Å². The van der Waals surface area contributed by atoms with Crippen molar-refractivity contribution in [3.63, 3.8) is 0 Å². The van der Waals surface area contributed by atoms with Gasteiger partial charge >= 0.3 is 0 Å². The zero-order chi connectivity index (χ0) is 13.9. The van der Waals surface area contributed by atoms with Crippen molar-refractivity contribution < 1.29 is 0 Å². The van der Waals surface area contributed by atoms with E-state index in [0.29, 0.717) is 21.4 Å². The first-order valence-electron chi connectivity index (χ1n) is 6.39. The van der Waals surface area contributed by atoms with Gasteiger partial charge in [0.05, 0.1) is 10.0 Å². The Labute approximate surface area is 121 Å². The fraction of sp³-hybridized carbons (Fsp3) is 0.600. The van der Waals surface area contributed by atoms with Crippen molar-refractivity contribution in [3.05, 3.63) is 33.8 Å². The Morgan fingerprint density at radius 2 is 1.78 bits per heavy atom. The van der Waals surface area contributed by atoms with Crippen LogP contribution in [0.4, 0.5) is 0 Å². The number of hydrogen-bond donors (Lipinski definition) is 1. The number of nitrogens with two attached hydrogens (primary N) is 1. The molecule has 1 rings (SSSR count). The highest BCUT2D eigenvalue weighted by atomic mass is 35.5. The Bertz CT molecular complexity index is 396. The van der Waals surface area contributed by atoms with E-state index in [1.807, 2.05) is 18.2 Å². The topological polar surface area (TPSA) is 26.0 Å². The van der Waals surface area contributed by atoms with Crippen molar-refractivity contribution in [3.8, 4) is 0 Å². The minimum atomic E-state index is 0.0251. The lowest BCUT2D eigenvalue weighted by Crippen LogP contribution is -2.18. The van der Waals surface area contributed by atoms with Gasteiger partial charge in [-0.2, -0.15) is 0 Å². The molecular formula is C15H23Cl2N. The van der Waals surface area contributed by atoms with Crippen LogP contribution in [0.15, 0.2) is 18.2 Å². The Kier molecular flexibility index (Phi) is 5.51.